The maximum absolute atomic E-state index is 11.2. The molecule has 0 spiro atoms. The molecule has 1 aromatic heterocycles. The molecule has 0 unspecified atom stereocenters. The molecule has 94 valence electrons. The van der Waals surface area contributed by atoms with Crippen molar-refractivity contribution in [3.8, 4) is 0 Å². The molecule has 1 aromatic rings. The Hall–Kier alpha value is -1.43. The fraction of sp³-hybridized carbons (Fsp3) is 0.545. The minimum absolute atomic E-state index is 0.120. The number of carbonyl (C=O) groups is 1. The number of nitrogens with zero attached hydrogens (tertiary/aromatic N) is 2. The van der Waals surface area contributed by atoms with Gasteiger partial charge in [0.1, 0.15) is 0 Å². The summed E-state index contributed by atoms with van der Waals surface area (Å²) in [5.41, 5.74) is 7.42. The highest BCUT2D eigenvalue weighted by Crippen LogP contribution is 2.02. The third-order valence-electron chi connectivity index (χ3n) is 2.31. The number of aryl methyl sites for hydroxylation is 3. The number of rotatable bonds is 6. The van der Waals surface area contributed by atoms with Gasteiger partial charge in [-0.25, -0.2) is 0 Å². The highest BCUT2D eigenvalue weighted by molar-refractivity contribution is 7.80. The van der Waals surface area contributed by atoms with E-state index in [1.54, 1.807) is 0 Å². The van der Waals surface area contributed by atoms with Gasteiger partial charge in [-0.2, -0.15) is 5.10 Å². The summed E-state index contributed by atoms with van der Waals surface area (Å²) in [5, 5.41) is 7.10. The fourth-order valence-electron chi connectivity index (χ4n) is 1.58. The van der Waals surface area contributed by atoms with E-state index in [1.807, 2.05) is 24.6 Å². The van der Waals surface area contributed by atoms with E-state index < -0.39 is 0 Å². The van der Waals surface area contributed by atoms with Crippen molar-refractivity contribution in [1.29, 1.82) is 0 Å². The van der Waals surface area contributed by atoms with E-state index >= 15 is 0 Å². The Balaban J connectivity index is 2.22. The number of thiocarbonyl (C=S) groups is 1. The van der Waals surface area contributed by atoms with E-state index in [-0.39, 0.29) is 17.3 Å². The average molecular weight is 254 g/mol. The normalized spacial score (nSPS) is 10.2. The standard InChI is InChI=1S/C11H18N4OS/c1-8-6-9(2)15(14-8)5-3-4-13-11(16)7-10(12)17/h6H,3-5,7H2,1-2H3,(H2,12,17)(H,13,16). The van der Waals surface area contributed by atoms with Crippen molar-refractivity contribution in [2.45, 2.75) is 33.2 Å². The van der Waals surface area contributed by atoms with Gasteiger partial charge in [0, 0.05) is 18.8 Å². The second kappa shape index (κ2) is 6.34. The molecule has 0 saturated heterocycles. The first-order valence-corrected chi connectivity index (χ1v) is 5.96. The zero-order valence-corrected chi connectivity index (χ0v) is 11.0. The highest BCUT2D eigenvalue weighted by atomic mass is 32.1. The van der Waals surface area contributed by atoms with Crippen LogP contribution in [0.2, 0.25) is 0 Å². The minimum atomic E-state index is -0.120. The van der Waals surface area contributed by atoms with Crippen LogP contribution in [0.5, 0.6) is 0 Å². The summed E-state index contributed by atoms with van der Waals surface area (Å²) in [6.45, 7) is 5.39. The molecule has 0 fully saturated rings. The third-order valence-corrected chi connectivity index (χ3v) is 2.45. The van der Waals surface area contributed by atoms with Gasteiger partial charge in [-0.1, -0.05) is 12.2 Å². The maximum atomic E-state index is 11.2. The summed E-state index contributed by atoms with van der Waals surface area (Å²) in [7, 11) is 0. The Labute approximate surface area is 106 Å². The first-order valence-electron chi connectivity index (χ1n) is 5.55. The molecule has 1 rings (SSSR count). The Bertz CT molecular complexity index is 414. The molecule has 0 atom stereocenters. The SMILES string of the molecule is Cc1cc(C)n(CCCNC(=O)CC(N)=S)n1. The summed E-state index contributed by atoms with van der Waals surface area (Å²) in [5.74, 6) is -0.120. The van der Waals surface area contributed by atoms with Gasteiger partial charge in [0.15, 0.2) is 0 Å². The smallest absolute Gasteiger partial charge is 0.226 e. The lowest BCUT2D eigenvalue weighted by molar-refractivity contribution is -0.119. The molecule has 0 radical (unpaired) electrons. The van der Waals surface area contributed by atoms with E-state index in [0.717, 1.165) is 24.4 Å². The monoisotopic (exact) mass is 254 g/mol. The lowest BCUT2D eigenvalue weighted by Gasteiger charge is -2.06. The Morgan fingerprint density at radius 2 is 2.29 bits per heavy atom. The summed E-state index contributed by atoms with van der Waals surface area (Å²) in [4.78, 5) is 11.5. The highest BCUT2D eigenvalue weighted by Gasteiger charge is 2.03. The quantitative estimate of drug-likeness (QED) is 0.578. The minimum Gasteiger partial charge on any atom is -0.393 e. The molecular formula is C11H18N4OS. The zero-order chi connectivity index (χ0) is 12.8. The molecule has 5 nitrogen and oxygen atoms in total. The van der Waals surface area contributed by atoms with Gasteiger partial charge in [-0.15, -0.1) is 0 Å². The topological polar surface area (TPSA) is 72.9 Å². The van der Waals surface area contributed by atoms with Gasteiger partial charge in [0.05, 0.1) is 17.1 Å². The number of nitrogens with two attached hydrogens (primary N) is 1. The average Bonchev–Trinajstić information content (AvgIpc) is 2.51. The molecule has 0 aliphatic carbocycles. The Morgan fingerprint density at radius 3 is 2.82 bits per heavy atom. The molecule has 1 heterocycles. The van der Waals surface area contributed by atoms with Crippen LogP contribution < -0.4 is 11.1 Å². The van der Waals surface area contributed by atoms with Crippen LogP contribution in [-0.2, 0) is 11.3 Å². The number of hydrogen-bond acceptors (Lipinski definition) is 3. The molecule has 6 heteroatoms. The lowest BCUT2D eigenvalue weighted by Crippen LogP contribution is -2.29. The van der Waals surface area contributed by atoms with Crippen LogP contribution >= 0.6 is 12.2 Å². The number of aromatic nitrogens is 2. The third kappa shape index (κ3) is 4.95. The van der Waals surface area contributed by atoms with E-state index in [9.17, 15) is 4.79 Å². The van der Waals surface area contributed by atoms with Crippen molar-refractivity contribution in [1.82, 2.24) is 15.1 Å². The first kappa shape index (κ1) is 13.6. The van der Waals surface area contributed by atoms with Crippen molar-refractivity contribution in [2.24, 2.45) is 5.73 Å². The summed E-state index contributed by atoms with van der Waals surface area (Å²) >= 11 is 4.65. The van der Waals surface area contributed by atoms with Gasteiger partial charge in [-0.05, 0) is 26.3 Å². The maximum Gasteiger partial charge on any atom is 0.226 e. The molecule has 1 amide bonds. The van der Waals surface area contributed by atoms with Crippen molar-refractivity contribution in [3.05, 3.63) is 17.5 Å². The number of carbonyl (C=O) groups excluding carboxylic acids is 1. The molecule has 0 saturated carbocycles. The summed E-state index contributed by atoms with van der Waals surface area (Å²) in [6.07, 6.45) is 0.959. The molecule has 17 heavy (non-hydrogen) atoms. The van der Waals surface area contributed by atoms with Crippen LogP contribution in [0.1, 0.15) is 24.2 Å². The van der Waals surface area contributed by atoms with Crippen molar-refractivity contribution < 1.29 is 4.79 Å². The van der Waals surface area contributed by atoms with Gasteiger partial charge in [0.25, 0.3) is 0 Å². The predicted molar refractivity (Wildman–Crippen MR) is 70.7 cm³/mol. The van der Waals surface area contributed by atoms with Crippen molar-refractivity contribution >= 4 is 23.1 Å². The van der Waals surface area contributed by atoms with Gasteiger partial charge in [-0.3, -0.25) is 9.48 Å². The van der Waals surface area contributed by atoms with E-state index in [1.165, 1.54) is 0 Å². The van der Waals surface area contributed by atoms with Gasteiger partial charge < -0.3 is 11.1 Å². The molecule has 3 N–H and O–H groups in total. The number of hydrogen-bond donors (Lipinski definition) is 2. The Morgan fingerprint density at radius 1 is 1.59 bits per heavy atom. The summed E-state index contributed by atoms with van der Waals surface area (Å²) in [6, 6.07) is 2.03. The van der Waals surface area contributed by atoms with E-state index in [0.29, 0.717) is 6.54 Å². The second-order valence-corrected chi connectivity index (χ2v) is 4.52. The lowest BCUT2D eigenvalue weighted by atomic mass is 10.3. The molecular weight excluding hydrogens is 236 g/mol. The second-order valence-electron chi connectivity index (χ2n) is 4.00. The van der Waals surface area contributed by atoms with Crippen LogP contribution in [-0.4, -0.2) is 27.2 Å². The van der Waals surface area contributed by atoms with E-state index in [2.05, 4.69) is 22.6 Å². The number of nitrogens with one attached hydrogen (secondary N) is 1. The van der Waals surface area contributed by atoms with Crippen LogP contribution in [0.25, 0.3) is 0 Å². The van der Waals surface area contributed by atoms with Gasteiger partial charge in [0.2, 0.25) is 5.91 Å². The molecule has 0 aliphatic heterocycles. The van der Waals surface area contributed by atoms with Crippen LogP contribution in [0.3, 0.4) is 0 Å². The van der Waals surface area contributed by atoms with E-state index in [4.69, 9.17) is 5.73 Å². The van der Waals surface area contributed by atoms with Crippen molar-refractivity contribution in [2.75, 3.05) is 6.54 Å². The molecule has 0 aliphatic rings. The summed E-state index contributed by atoms with van der Waals surface area (Å²) < 4.78 is 1.94. The largest absolute Gasteiger partial charge is 0.393 e. The number of amides is 1. The van der Waals surface area contributed by atoms with Gasteiger partial charge >= 0.3 is 0 Å². The first-order chi connectivity index (χ1) is 7.99. The van der Waals surface area contributed by atoms with Crippen LogP contribution in [0.4, 0.5) is 0 Å². The fourth-order valence-corrected chi connectivity index (χ4v) is 1.71. The van der Waals surface area contributed by atoms with Crippen molar-refractivity contribution in [3.63, 3.8) is 0 Å². The molecule has 0 aromatic carbocycles. The van der Waals surface area contributed by atoms with Crippen LogP contribution in [0.15, 0.2) is 6.07 Å². The van der Waals surface area contributed by atoms with Crippen LogP contribution in [0, 0.1) is 13.8 Å². The zero-order valence-electron chi connectivity index (χ0n) is 10.2. The Kier molecular flexibility index (Phi) is 5.09. The predicted octanol–water partition coefficient (Wildman–Crippen LogP) is 0.682. The molecule has 0 bridgehead atoms.